The second kappa shape index (κ2) is 8.97. The van der Waals surface area contributed by atoms with Crippen molar-refractivity contribution in [2.75, 3.05) is 7.05 Å². The highest BCUT2D eigenvalue weighted by atomic mass is 79.9. The second-order valence-electron chi connectivity index (χ2n) is 5.71. The van der Waals surface area contributed by atoms with Gasteiger partial charge in [0.05, 0.1) is 12.0 Å². The number of hydrogen-bond acceptors (Lipinski definition) is 5. The molecule has 0 amide bonds. The number of halogens is 4. The Kier molecular flexibility index (Phi) is 6.91. The molecule has 0 aliphatic rings. The molecule has 0 aliphatic carbocycles. The molecule has 3 aromatic heterocycles. The molecule has 8 nitrogen and oxygen atoms in total. The molecule has 0 radical (unpaired) electrons. The van der Waals surface area contributed by atoms with Crippen molar-refractivity contribution in [1.29, 1.82) is 0 Å². The van der Waals surface area contributed by atoms with Crippen molar-refractivity contribution in [3.8, 4) is 0 Å². The van der Waals surface area contributed by atoms with Crippen molar-refractivity contribution >= 4 is 27.5 Å². The van der Waals surface area contributed by atoms with Crippen molar-refractivity contribution in [2.45, 2.75) is 19.3 Å². The van der Waals surface area contributed by atoms with Crippen molar-refractivity contribution < 1.29 is 23.1 Å². The number of alkyl halides is 3. The van der Waals surface area contributed by atoms with E-state index in [4.69, 9.17) is 9.90 Å². The predicted molar refractivity (Wildman–Crippen MR) is 96.6 cm³/mol. The lowest BCUT2D eigenvalue weighted by atomic mass is 10.3. The number of carbonyl (C=O) groups is 1. The zero-order valence-electron chi connectivity index (χ0n) is 14.4. The number of carboxylic acid groups (broad SMARTS) is 1. The number of pyridine rings is 1. The molecule has 0 unspecified atom stereocenters. The number of imidazole rings is 1. The van der Waals surface area contributed by atoms with Gasteiger partial charge in [0.25, 0.3) is 5.56 Å². The van der Waals surface area contributed by atoms with E-state index < -0.39 is 12.1 Å². The molecule has 2 N–H and O–H groups in total. The Morgan fingerprint density at radius 3 is 2.61 bits per heavy atom. The van der Waals surface area contributed by atoms with Gasteiger partial charge in [-0.05, 0) is 35.1 Å². The van der Waals surface area contributed by atoms with Gasteiger partial charge in [0.15, 0.2) is 0 Å². The van der Waals surface area contributed by atoms with Crippen LogP contribution in [0, 0.1) is 0 Å². The van der Waals surface area contributed by atoms with Crippen molar-refractivity contribution in [2.24, 2.45) is 0 Å². The van der Waals surface area contributed by atoms with Crippen LogP contribution in [0.1, 0.15) is 11.4 Å². The van der Waals surface area contributed by atoms with Crippen LogP contribution in [-0.4, -0.2) is 48.6 Å². The molecule has 0 fully saturated rings. The molecule has 3 heterocycles. The molecule has 0 atom stereocenters. The van der Waals surface area contributed by atoms with E-state index >= 15 is 0 Å². The first-order chi connectivity index (χ1) is 13.1. The van der Waals surface area contributed by atoms with Gasteiger partial charge in [-0.1, -0.05) is 0 Å². The highest BCUT2D eigenvalue weighted by Crippen LogP contribution is 2.13. The number of aliphatic carboxylic acids is 1. The number of rotatable bonds is 4. The SMILES string of the molecule is CN(Cc1cc(=O)n2cc(Br)ccc2n1)Cc1cnc[nH]1.O=C(O)C(F)(F)F. The lowest BCUT2D eigenvalue weighted by molar-refractivity contribution is -0.192. The van der Waals surface area contributed by atoms with Gasteiger partial charge in [0.2, 0.25) is 0 Å². The average Bonchev–Trinajstić information content (AvgIpc) is 3.08. The van der Waals surface area contributed by atoms with E-state index in [2.05, 4.69) is 35.8 Å². The fraction of sp³-hybridized carbons (Fsp3) is 0.250. The summed E-state index contributed by atoms with van der Waals surface area (Å²) < 4.78 is 34.1. The van der Waals surface area contributed by atoms with Gasteiger partial charge < -0.3 is 10.1 Å². The lowest BCUT2D eigenvalue weighted by Gasteiger charge is -2.15. The Morgan fingerprint density at radius 1 is 1.36 bits per heavy atom. The second-order valence-corrected chi connectivity index (χ2v) is 6.63. The number of H-pyrrole nitrogens is 1. The van der Waals surface area contributed by atoms with Gasteiger partial charge in [-0.2, -0.15) is 13.2 Å². The molecule has 12 heteroatoms. The van der Waals surface area contributed by atoms with Crippen LogP contribution < -0.4 is 5.56 Å². The van der Waals surface area contributed by atoms with E-state index in [1.807, 2.05) is 19.2 Å². The van der Waals surface area contributed by atoms with Gasteiger partial charge in [-0.3, -0.25) is 14.1 Å². The maximum Gasteiger partial charge on any atom is 0.490 e. The van der Waals surface area contributed by atoms with Crippen LogP contribution in [0.25, 0.3) is 5.65 Å². The molecule has 150 valence electrons. The first kappa shape index (κ1) is 21.6. The Bertz CT molecular complexity index is 1000. The first-order valence-electron chi connectivity index (χ1n) is 7.70. The van der Waals surface area contributed by atoms with Gasteiger partial charge >= 0.3 is 12.1 Å². The molecule has 0 aromatic carbocycles. The highest BCUT2D eigenvalue weighted by molar-refractivity contribution is 9.10. The third kappa shape index (κ3) is 6.16. The van der Waals surface area contributed by atoms with E-state index in [1.165, 1.54) is 4.40 Å². The van der Waals surface area contributed by atoms with Gasteiger partial charge in [0, 0.05) is 41.7 Å². The molecular formula is C16H15BrF3N5O3. The molecule has 0 bridgehead atoms. The van der Waals surface area contributed by atoms with Gasteiger partial charge in [0.1, 0.15) is 5.65 Å². The summed E-state index contributed by atoms with van der Waals surface area (Å²) in [6, 6.07) is 5.27. The lowest BCUT2D eigenvalue weighted by Crippen LogP contribution is -2.22. The zero-order valence-corrected chi connectivity index (χ0v) is 16.0. The normalized spacial score (nSPS) is 11.4. The Morgan fingerprint density at radius 2 is 2.04 bits per heavy atom. The number of hydrogen-bond donors (Lipinski definition) is 2. The molecular weight excluding hydrogens is 447 g/mol. The third-order valence-electron chi connectivity index (χ3n) is 3.35. The molecule has 0 spiro atoms. The van der Waals surface area contributed by atoms with Crippen LogP contribution in [0.2, 0.25) is 0 Å². The Hall–Kier alpha value is -2.73. The number of fused-ring (bicyclic) bond motifs is 1. The Balaban J connectivity index is 0.000000345. The number of aromatic amines is 1. The van der Waals surface area contributed by atoms with Crippen LogP contribution in [0.5, 0.6) is 0 Å². The summed E-state index contributed by atoms with van der Waals surface area (Å²) in [5.74, 6) is -2.76. The van der Waals surface area contributed by atoms with E-state index in [9.17, 15) is 18.0 Å². The zero-order chi connectivity index (χ0) is 20.9. The van der Waals surface area contributed by atoms with Crippen LogP contribution in [0.15, 0.2) is 46.2 Å². The quantitative estimate of drug-likeness (QED) is 0.618. The molecule has 3 aromatic rings. The standard InChI is InChI=1S/C14H14BrN5O.C2HF3O2/c1-19(8-12-5-16-9-17-12)7-11-4-14(21)20-6-10(15)2-3-13(20)18-11;3-2(4,5)1(6)7/h2-6,9H,7-8H2,1H3,(H,16,17);(H,6,7). The van der Waals surface area contributed by atoms with Crippen LogP contribution >= 0.6 is 15.9 Å². The van der Waals surface area contributed by atoms with Crippen molar-refractivity contribution in [3.05, 3.63) is 63.1 Å². The summed E-state index contributed by atoms with van der Waals surface area (Å²) >= 11 is 3.35. The summed E-state index contributed by atoms with van der Waals surface area (Å²) in [5, 5.41) is 7.12. The summed E-state index contributed by atoms with van der Waals surface area (Å²) in [6.07, 6.45) is 0.0845. The van der Waals surface area contributed by atoms with E-state index in [0.717, 1.165) is 22.4 Å². The minimum absolute atomic E-state index is 0.0776. The minimum atomic E-state index is -5.08. The molecule has 28 heavy (non-hydrogen) atoms. The monoisotopic (exact) mass is 461 g/mol. The highest BCUT2D eigenvalue weighted by Gasteiger charge is 2.38. The molecule has 0 saturated carbocycles. The maximum absolute atomic E-state index is 12.1. The topological polar surface area (TPSA) is 104 Å². The van der Waals surface area contributed by atoms with Crippen LogP contribution in [-0.2, 0) is 17.9 Å². The molecule has 0 aliphatic heterocycles. The van der Waals surface area contributed by atoms with Crippen molar-refractivity contribution in [3.63, 3.8) is 0 Å². The number of nitrogens with zero attached hydrogens (tertiary/aromatic N) is 4. The number of carboxylic acids is 1. The fourth-order valence-corrected chi connectivity index (χ4v) is 2.54. The maximum atomic E-state index is 12.1. The summed E-state index contributed by atoms with van der Waals surface area (Å²) in [5.41, 5.74) is 2.35. The van der Waals surface area contributed by atoms with E-state index in [0.29, 0.717) is 12.2 Å². The largest absolute Gasteiger partial charge is 0.490 e. The summed E-state index contributed by atoms with van der Waals surface area (Å²) in [6.45, 7) is 1.32. The summed E-state index contributed by atoms with van der Waals surface area (Å²) in [4.78, 5) is 34.7. The number of aromatic nitrogens is 4. The third-order valence-corrected chi connectivity index (χ3v) is 3.82. The average molecular weight is 462 g/mol. The van der Waals surface area contributed by atoms with E-state index in [1.54, 1.807) is 24.8 Å². The predicted octanol–water partition coefficient (Wildman–Crippen LogP) is 2.45. The number of nitrogens with one attached hydrogen (secondary N) is 1. The molecule has 3 rings (SSSR count). The minimum Gasteiger partial charge on any atom is -0.475 e. The molecule has 0 saturated heterocycles. The van der Waals surface area contributed by atoms with Crippen molar-refractivity contribution in [1.82, 2.24) is 24.3 Å². The van der Waals surface area contributed by atoms with Gasteiger partial charge in [-0.15, -0.1) is 0 Å². The Labute approximate surface area is 164 Å². The smallest absolute Gasteiger partial charge is 0.475 e. The summed E-state index contributed by atoms with van der Waals surface area (Å²) in [7, 11) is 1.98. The fourth-order valence-electron chi connectivity index (χ4n) is 2.20. The van der Waals surface area contributed by atoms with Crippen LogP contribution in [0.3, 0.4) is 0 Å². The van der Waals surface area contributed by atoms with Gasteiger partial charge in [-0.25, -0.2) is 14.8 Å². The first-order valence-corrected chi connectivity index (χ1v) is 8.49. The van der Waals surface area contributed by atoms with Crippen LogP contribution in [0.4, 0.5) is 13.2 Å². The van der Waals surface area contributed by atoms with E-state index in [-0.39, 0.29) is 5.56 Å².